The third kappa shape index (κ3) is 16.8. The van der Waals surface area contributed by atoms with Crippen molar-refractivity contribution >= 4 is 5.91 Å². The molecular formula is C22H45NO3. The van der Waals surface area contributed by atoms with Gasteiger partial charge in [-0.3, -0.25) is 4.79 Å². The highest BCUT2D eigenvalue weighted by atomic mass is 16.3. The SMILES string of the molecule is CCCCCCCCCCCCCCCCCN(CC(O)CO)C(C)=O. The lowest BCUT2D eigenvalue weighted by Crippen LogP contribution is -2.38. The number of hydrogen-bond acceptors (Lipinski definition) is 3. The molecule has 0 saturated carbocycles. The predicted octanol–water partition coefficient (Wildman–Crippen LogP) is 5.06. The molecule has 26 heavy (non-hydrogen) atoms. The maximum Gasteiger partial charge on any atom is 0.219 e. The van der Waals surface area contributed by atoms with Gasteiger partial charge in [-0.2, -0.15) is 0 Å². The molecule has 2 N–H and O–H groups in total. The van der Waals surface area contributed by atoms with Gasteiger partial charge in [0.15, 0.2) is 0 Å². The predicted molar refractivity (Wildman–Crippen MR) is 110 cm³/mol. The lowest BCUT2D eigenvalue weighted by Gasteiger charge is -2.23. The van der Waals surface area contributed by atoms with Crippen molar-refractivity contribution in [1.82, 2.24) is 4.90 Å². The van der Waals surface area contributed by atoms with Crippen molar-refractivity contribution in [1.29, 1.82) is 0 Å². The molecule has 0 radical (unpaired) electrons. The minimum Gasteiger partial charge on any atom is -0.394 e. The molecule has 1 amide bonds. The summed E-state index contributed by atoms with van der Waals surface area (Å²) in [6.07, 6.45) is 19.1. The number of hydrogen-bond donors (Lipinski definition) is 2. The Balaban J connectivity index is 3.33. The van der Waals surface area contributed by atoms with Gasteiger partial charge in [-0.05, 0) is 6.42 Å². The third-order valence-corrected chi connectivity index (χ3v) is 5.12. The summed E-state index contributed by atoms with van der Waals surface area (Å²) in [5.41, 5.74) is 0. The molecule has 0 rings (SSSR count). The van der Waals surface area contributed by atoms with Gasteiger partial charge in [-0.25, -0.2) is 0 Å². The Morgan fingerprint density at radius 3 is 1.50 bits per heavy atom. The molecule has 4 nitrogen and oxygen atoms in total. The summed E-state index contributed by atoms with van der Waals surface area (Å²) < 4.78 is 0. The second-order valence-electron chi connectivity index (χ2n) is 7.75. The van der Waals surface area contributed by atoms with Crippen LogP contribution in [0.1, 0.15) is 110 Å². The fourth-order valence-electron chi connectivity index (χ4n) is 3.36. The van der Waals surface area contributed by atoms with Crippen LogP contribution in [0.5, 0.6) is 0 Å². The van der Waals surface area contributed by atoms with Gasteiger partial charge < -0.3 is 15.1 Å². The first-order valence-electron chi connectivity index (χ1n) is 11.2. The normalized spacial score (nSPS) is 12.3. The van der Waals surface area contributed by atoms with E-state index in [1.807, 2.05) is 0 Å². The lowest BCUT2D eigenvalue weighted by atomic mass is 10.0. The smallest absolute Gasteiger partial charge is 0.219 e. The summed E-state index contributed by atoms with van der Waals surface area (Å²) >= 11 is 0. The zero-order valence-corrected chi connectivity index (χ0v) is 17.6. The zero-order chi connectivity index (χ0) is 19.5. The fraction of sp³-hybridized carbons (Fsp3) is 0.955. The Kier molecular flexibility index (Phi) is 18.7. The van der Waals surface area contributed by atoms with Crippen molar-refractivity contribution in [3.63, 3.8) is 0 Å². The maximum atomic E-state index is 11.5. The van der Waals surface area contributed by atoms with Crippen LogP contribution >= 0.6 is 0 Å². The van der Waals surface area contributed by atoms with Crippen LogP contribution in [0.15, 0.2) is 0 Å². The van der Waals surface area contributed by atoms with E-state index in [9.17, 15) is 9.90 Å². The molecule has 0 aromatic heterocycles. The van der Waals surface area contributed by atoms with E-state index in [0.29, 0.717) is 6.54 Å². The molecule has 0 spiro atoms. The van der Waals surface area contributed by atoms with Crippen LogP contribution < -0.4 is 0 Å². The molecule has 0 fully saturated rings. The third-order valence-electron chi connectivity index (χ3n) is 5.12. The number of carbonyl (C=O) groups is 1. The number of aliphatic hydroxyl groups excluding tert-OH is 2. The van der Waals surface area contributed by atoms with Crippen molar-refractivity contribution in [2.45, 2.75) is 116 Å². The van der Waals surface area contributed by atoms with E-state index in [-0.39, 0.29) is 19.1 Å². The highest BCUT2D eigenvalue weighted by molar-refractivity contribution is 5.73. The minimum absolute atomic E-state index is 0.0251. The van der Waals surface area contributed by atoms with Gasteiger partial charge in [-0.15, -0.1) is 0 Å². The molecule has 0 saturated heterocycles. The lowest BCUT2D eigenvalue weighted by molar-refractivity contribution is -0.130. The first kappa shape index (κ1) is 25.4. The number of aliphatic hydroxyl groups is 2. The molecule has 0 aromatic rings. The molecular weight excluding hydrogens is 326 g/mol. The zero-order valence-electron chi connectivity index (χ0n) is 17.6. The number of amides is 1. The van der Waals surface area contributed by atoms with E-state index >= 15 is 0 Å². The average molecular weight is 372 g/mol. The minimum atomic E-state index is -0.824. The number of unbranched alkanes of at least 4 members (excludes halogenated alkanes) is 14. The highest BCUT2D eigenvalue weighted by Gasteiger charge is 2.12. The molecule has 156 valence electrons. The van der Waals surface area contributed by atoms with E-state index in [1.165, 1.54) is 90.4 Å². The second-order valence-corrected chi connectivity index (χ2v) is 7.75. The number of nitrogens with zero attached hydrogens (tertiary/aromatic N) is 1. The van der Waals surface area contributed by atoms with E-state index in [0.717, 1.165) is 12.8 Å². The van der Waals surface area contributed by atoms with Crippen LogP contribution in [-0.4, -0.2) is 46.8 Å². The quantitative estimate of drug-likeness (QED) is 0.312. The van der Waals surface area contributed by atoms with Gasteiger partial charge in [0.25, 0.3) is 0 Å². The molecule has 4 heteroatoms. The largest absolute Gasteiger partial charge is 0.394 e. The van der Waals surface area contributed by atoms with E-state index in [1.54, 1.807) is 4.90 Å². The van der Waals surface area contributed by atoms with Crippen LogP contribution in [-0.2, 0) is 4.79 Å². The molecule has 0 aliphatic rings. The van der Waals surface area contributed by atoms with Crippen LogP contribution in [0, 0.1) is 0 Å². The van der Waals surface area contributed by atoms with E-state index in [4.69, 9.17) is 5.11 Å². The Hall–Kier alpha value is -0.610. The molecule has 0 heterocycles. The van der Waals surface area contributed by atoms with Crippen molar-refractivity contribution in [2.24, 2.45) is 0 Å². The molecule has 0 bridgehead atoms. The number of carbonyl (C=O) groups excluding carboxylic acids is 1. The van der Waals surface area contributed by atoms with Gasteiger partial charge in [0.1, 0.15) is 0 Å². The van der Waals surface area contributed by atoms with Crippen LogP contribution in [0.2, 0.25) is 0 Å². The van der Waals surface area contributed by atoms with Gasteiger partial charge in [-0.1, -0.05) is 96.8 Å². The summed E-state index contributed by atoms with van der Waals surface area (Å²) in [5.74, 6) is -0.0251. The van der Waals surface area contributed by atoms with Gasteiger partial charge in [0.2, 0.25) is 5.91 Å². The highest BCUT2D eigenvalue weighted by Crippen LogP contribution is 2.13. The summed E-state index contributed by atoms with van der Waals surface area (Å²) in [4.78, 5) is 13.1. The first-order chi connectivity index (χ1) is 12.6. The van der Waals surface area contributed by atoms with E-state index in [2.05, 4.69) is 6.92 Å². The summed E-state index contributed by atoms with van der Waals surface area (Å²) in [5, 5.41) is 18.3. The standard InChI is InChI=1S/C22H45NO3/c1-3-4-5-6-7-8-9-10-11-12-13-14-15-16-17-18-23(21(2)25)19-22(26)20-24/h22,24,26H,3-20H2,1-2H3. The van der Waals surface area contributed by atoms with Gasteiger partial charge >= 0.3 is 0 Å². The Bertz CT molecular complexity index is 310. The second kappa shape index (κ2) is 19.2. The molecule has 1 unspecified atom stereocenters. The average Bonchev–Trinajstić information content (AvgIpc) is 2.63. The molecule has 0 aromatic carbocycles. The first-order valence-corrected chi connectivity index (χ1v) is 11.2. The van der Waals surface area contributed by atoms with Crippen LogP contribution in [0.4, 0.5) is 0 Å². The fourth-order valence-corrected chi connectivity index (χ4v) is 3.36. The molecule has 0 aliphatic heterocycles. The Morgan fingerprint density at radius 1 is 0.769 bits per heavy atom. The van der Waals surface area contributed by atoms with Gasteiger partial charge in [0, 0.05) is 20.0 Å². The number of rotatable bonds is 19. The van der Waals surface area contributed by atoms with Gasteiger partial charge in [0.05, 0.1) is 12.7 Å². The topological polar surface area (TPSA) is 60.8 Å². The Morgan fingerprint density at radius 2 is 1.15 bits per heavy atom. The summed E-state index contributed by atoms with van der Waals surface area (Å²) in [6.45, 7) is 4.43. The van der Waals surface area contributed by atoms with Crippen LogP contribution in [0.25, 0.3) is 0 Å². The molecule has 1 atom stereocenters. The van der Waals surface area contributed by atoms with Crippen molar-refractivity contribution < 1.29 is 15.0 Å². The monoisotopic (exact) mass is 371 g/mol. The maximum absolute atomic E-state index is 11.5. The Labute approximate surface area is 162 Å². The van der Waals surface area contributed by atoms with Crippen molar-refractivity contribution in [2.75, 3.05) is 19.7 Å². The van der Waals surface area contributed by atoms with Crippen molar-refractivity contribution in [3.05, 3.63) is 0 Å². The van der Waals surface area contributed by atoms with Crippen LogP contribution in [0.3, 0.4) is 0 Å². The summed E-state index contributed by atoms with van der Waals surface area (Å²) in [7, 11) is 0. The van der Waals surface area contributed by atoms with E-state index < -0.39 is 6.10 Å². The summed E-state index contributed by atoms with van der Waals surface area (Å²) in [6, 6.07) is 0. The van der Waals surface area contributed by atoms with Crippen molar-refractivity contribution in [3.8, 4) is 0 Å². The molecule has 0 aliphatic carbocycles.